The van der Waals surface area contributed by atoms with Crippen molar-refractivity contribution in [2.45, 2.75) is 26.4 Å². The van der Waals surface area contributed by atoms with E-state index in [4.69, 9.17) is 20.3 Å². The van der Waals surface area contributed by atoms with E-state index in [0.717, 1.165) is 56.3 Å². The van der Waals surface area contributed by atoms with Crippen molar-refractivity contribution in [3.63, 3.8) is 0 Å². The van der Waals surface area contributed by atoms with Crippen LogP contribution in [0.15, 0.2) is 156 Å². The van der Waals surface area contributed by atoms with Crippen LogP contribution in [0.5, 0.6) is 11.5 Å². The van der Waals surface area contributed by atoms with Gasteiger partial charge in [0.15, 0.2) is 0 Å². The van der Waals surface area contributed by atoms with Gasteiger partial charge in [0.05, 0.1) is 18.7 Å². The molecule has 0 aliphatic heterocycles. The number of hydrogen-bond donors (Lipinski definition) is 1. The fraction of sp³-hybridized carbons (Fsp3) is 0.111. The molecule has 5 aromatic carbocycles. The SMILES string of the molecule is C#Cc1cccc(OCc2ccccc2)c1.Cc1oc(-c2ccccc2)nc1CCOc1cccc(-c2cn(-c3ccccc3)cc2CC(=O)O)c1. The average Bonchev–Trinajstić information content (AvgIpc) is 3.78. The largest absolute Gasteiger partial charge is 0.493 e. The second-order valence-corrected chi connectivity index (χ2v) is 12.0. The first kappa shape index (κ1) is 35.1. The van der Waals surface area contributed by atoms with E-state index in [1.807, 2.05) is 163 Å². The molecule has 52 heavy (non-hydrogen) atoms. The molecule has 7 nitrogen and oxygen atoms in total. The molecule has 2 aromatic heterocycles. The van der Waals surface area contributed by atoms with Crippen LogP contribution in [0, 0.1) is 19.3 Å². The van der Waals surface area contributed by atoms with Gasteiger partial charge in [0, 0.05) is 41.2 Å². The topological polar surface area (TPSA) is 86.7 Å². The molecule has 258 valence electrons. The zero-order valence-electron chi connectivity index (χ0n) is 28.8. The number of para-hydroxylation sites is 1. The number of aliphatic carboxylic acids is 1. The Kier molecular flexibility index (Phi) is 11.6. The Hall–Kier alpha value is -6.78. The number of ether oxygens (including phenoxy) is 2. The van der Waals surface area contributed by atoms with Crippen molar-refractivity contribution in [2.24, 2.45) is 0 Å². The number of carboxylic acid groups (broad SMARTS) is 1. The zero-order valence-corrected chi connectivity index (χ0v) is 28.8. The molecule has 0 amide bonds. The van der Waals surface area contributed by atoms with Gasteiger partial charge in [-0.3, -0.25) is 4.79 Å². The van der Waals surface area contributed by atoms with Crippen molar-refractivity contribution in [1.82, 2.24) is 9.55 Å². The van der Waals surface area contributed by atoms with E-state index in [-0.39, 0.29) is 6.42 Å². The zero-order chi connectivity index (χ0) is 36.1. The molecule has 0 aliphatic rings. The fourth-order valence-electron chi connectivity index (χ4n) is 5.61. The van der Waals surface area contributed by atoms with E-state index in [1.165, 1.54) is 0 Å². The summed E-state index contributed by atoms with van der Waals surface area (Å²) in [6.45, 7) is 2.92. The Morgan fingerprint density at radius 1 is 0.788 bits per heavy atom. The smallest absolute Gasteiger partial charge is 0.307 e. The average molecular weight is 687 g/mol. The standard InChI is InChI=1S/C30H26N2O4.C15H12O/c1-21-28(31-30(36-21)22-9-4-2-5-10-22)15-16-35-26-14-8-11-23(17-26)27-20-32(19-24(27)18-29(33)34)25-12-6-3-7-13-25;1-2-13-9-6-10-15(11-13)16-12-14-7-4-3-5-8-14/h2-14,17,19-20H,15-16,18H2,1H3,(H,33,34);1,3-11H,12H2. The molecule has 0 atom stereocenters. The lowest BCUT2D eigenvalue weighted by Gasteiger charge is -2.08. The first-order valence-corrected chi connectivity index (χ1v) is 16.9. The lowest BCUT2D eigenvalue weighted by atomic mass is 10.0. The summed E-state index contributed by atoms with van der Waals surface area (Å²) in [5.41, 5.74) is 7.29. The number of terminal acetylenes is 1. The molecule has 0 bridgehead atoms. The molecule has 0 unspecified atom stereocenters. The molecular weight excluding hydrogens is 649 g/mol. The van der Waals surface area contributed by atoms with Crippen LogP contribution in [0.2, 0.25) is 0 Å². The summed E-state index contributed by atoms with van der Waals surface area (Å²) in [5, 5.41) is 9.45. The Morgan fingerprint density at radius 2 is 1.44 bits per heavy atom. The molecule has 7 rings (SSSR count). The normalized spacial score (nSPS) is 10.5. The van der Waals surface area contributed by atoms with Crippen LogP contribution >= 0.6 is 0 Å². The molecule has 0 aliphatic carbocycles. The van der Waals surface area contributed by atoms with Crippen molar-refractivity contribution in [2.75, 3.05) is 6.61 Å². The van der Waals surface area contributed by atoms with Gasteiger partial charge in [-0.05, 0) is 78.2 Å². The fourth-order valence-corrected chi connectivity index (χ4v) is 5.61. The lowest BCUT2D eigenvalue weighted by molar-refractivity contribution is -0.136. The van der Waals surface area contributed by atoms with Gasteiger partial charge in [0.1, 0.15) is 23.9 Å². The van der Waals surface area contributed by atoms with Crippen LogP contribution in [-0.4, -0.2) is 27.2 Å². The van der Waals surface area contributed by atoms with E-state index in [0.29, 0.717) is 31.3 Å². The summed E-state index contributed by atoms with van der Waals surface area (Å²) in [7, 11) is 0. The van der Waals surface area contributed by atoms with Crippen molar-refractivity contribution in [3.8, 4) is 52.1 Å². The van der Waals surface area contributed by atoms with Crippen molar-refractivity contribution in [3.05, 3.63) is 180 Å². The number of aromatic nitrogens is 2. The summed E-state index contributed by atoms with van der Waals surface area (Å²) in [6, 6.07) is 45.0. The minimum atomic E-state index is -0.868. The van der Waals surface area contributed by atoms with Crippen LogP contribution in [0.25, 0.3) is 28.3 Å². The molecule has 7 heteroatoms. The second-order valence-electron chi connectivity index (χ2n) is 12.0. The quantitative estimate of drug-likeness (QED) is 0.129. The maximum absolute atomic E-state index is 11.5. The first-order chi connectivity index (χ1) is 25.4. The summed E-state index contributed by atoms with van der Waals surface area (Å²) in [6.07, 6.45) is 9.72. The number of aryl methyl sites for hydroxylation is 1. The van der Waals surface area contributed by atoms with Crippen LogP contribution in [0.1, 0.15) is 28.1 Å². The molecule has 0 radical (unpaired) electrons. The monoisotopic (exact) mass is 686 g/mol. The van der Waals surface area contributed by atoms with Gasteiger partial charge in [0.2, 0.25) is 5.89 Å². The molecule has 2 heterocycles. The Labute approximate surface area is 303 Å². The van der Waals surface area contributed by atoms with Gasteiger partial charge in [-0.1, -0.05) is 90.8 Å². The summed E-state index contributed by atoms with van der Waals surface area (Å²) in [4.78, 5) is 16.2. The Bertz CT molecular complexity index is 2250. The van der Waals surface area contributed by atoms with Gasteiger partial charge in [0.25, 0.3) is 0 Å². The van der Waals surface area contributed by atoms with Crippen LogP contribution < -0.4 is 9.47 Å². The number of benzene rings is 5. The van der Waals surface area contributed by atoms with Gasteiger partial charge in [-0.15, -0.1) is 6.42 Å². The number of carbonyl (C=O) groups is 1. The van der Waals surface area contributed by atoms with E-state index >= 15 is 0 Å². The van der Waals surface area contributed by atoms with E-state index < -0.39 is 5.97 Å². The highest BCUT2D eigenvalue weighted by Crippen LogP contribution is 2.30. The number of carboxylic acids is 1. The van der Waals surface area contributed by atoms with Gasteiger partial charge >= 0.3 is 5.97 Å². The molecule has 1 N–H and O–H groups in total. The maximum Gasteiger partial charge on any atom is 0.307 e. The van der Waals surface area contributed by atoms with E-state index in [9.17, 15) is 9.90 Å². The third-order valence-electron chi connectivity index (χ3n) is 8.22. The van der Waals surface area contributed by atoms with Crippen LogP contribution in [0.4, 0.5) is 0 Å². The summed E-state index contributed by atoms with van der Waals surface area (Å²) < 4.78 is 19.5. The molecule has 7 aromatic rings. The predicted octanol–water partition coefficient (Wildman–Crippen LogP) is 9.60. The highest BCUT2D eigenvalue weighted by molar-refractivity contribution is 5.77. The highest BCUT2D eigenvalue weighted by Gasteiger charge is 2.15. The molecule has 0 spiro atoms. The minimum Gasteiger partial charge on any atom is -0.493 e. The van der Waals surface area contributed by atoms with Crippen molar-refractivity contribution >= 4 is 5.97 Å². The van der Waals surface area contributed by atoms with Crippen molar-refractivity contribution < 1.29 is 23.8 Å². The lowest BCUT2D eigenvalue weighted by Crippen LogP contribution is -2.03. The molecule has 0 fully saturated rings. The number of oxazole rings is 1. The first-order valence-electron chi connectivity index (χ1n) is 16.9. The highest BCUT2D eigenvalue weighted by atomic mass is 16.5. The van der Waals surface area contributed by atoms with Gasteiger partial charge < -0.3 is 23.6 Å². The number of nitrogens with zero attached hydrogens (tertiary/aromatic N) is 2. The number of rotatable bonds is 12. The molecular formula is C45H38N2O5. The van der Waals surface area contributed by atoms with E-state index in [1.54, 1.807) is 0 Å². The van der Waals surface area contributed by atoms with Crippen LogP contribution in [-0.2, 0) is 24.2 Å². The van der Waals surface area contributed by atoms with Crippen molar-refractivity contribution in [1.29, 1.82) is 0 Å². The predicted molar refractivity (Wildman–Crippen MR) is 204 cm³/mol. The summed E-state index contributed by atoms with van der Waals surface area (Å²) >= 11 is 0. The second kappa shape index (κ2) is 17.2. The summed E-state index contributed by atoms with van der Waals surface area (Å²) in [5.74, 6) is 4.63. The third-order valence-corrected chi connectivity index (χ3v) is 8.22. The molecule has 0 saturated heterocycles. The van der Waals surface area contributed by atoms with E-state index in [2.05, 4.69) is 10.9 Å². The van der Waals surface area contributed by atoms with Crippen LogP contribution in [0.3, 0.4) is 0 Å². The Morgan fingerprint density at radius 3 is 2.15 bits per heavy atom. The number of hydrogen-bond acceptors (Lipinski definition) is 5. The molecule has 0 saturated carbocycles. The van der Waals surface area contributed by atoms with Gasteiger partial charge in [-0.2, -0.15) is 0 Å². The Balaban J connectivity index is 0.000000242. The minimum absolute atomic E-state index is 0.0601. The maximum atomic E-state index is 11.5. The third kappa shape index (κ3) is 9.46. The van der Waals surface area contributed by atoms with Gasteiger partial charge in [-0.25, -0.2) is 4.98 Å².